The highest BCUT2D eigenvalue weighted by Gasteiger charge is 2.51. The van der Waals surface area contributed by atoms with Crippen molar-refractivity contribution in [2.24, 2.45) is 5.92 Å². The average molecular weight is 242 g/mol. The number of nitrogens with one attached hydrogen (secondary N) is 1. The Bertz CT molecular complexity index is 273. The largest absolute Gasteiger partial charge is 0.387 e. The summed E-state index contributed by atoms with van der Waals surface area (Å²) in [5, 5.41) is 12.9. The number of β-amino-alcohol motifs (C(OH)–C–C–N with tert-alkyl or cyclic N) is 1. The fourth-order valence-corrected chi connectivity index (χ4v) is 2.42. The lowest BCUT2D eigenvalue weighted by atomic mass is 9.89. The maximum atomic E-state index is 11.5. The number of carbonyl (C=O) groups excluding carboxylic acids is 1. The van der Waals surface area contributed by atoms with E-state index in [2.05, 4.69) is 5.32 Å². The maximum absolute atomic E-state index is 11.5. The first kappa shape index (κ1) is 12.8. The van der Waals surface area contributed by atoms with E-state index in [4.69, 9.17) is 4.74 Å². The number of hydrogen-bond acceptors (Lipinski definition) is 4. The van der Waals surface area contributed by atoms with Gasteiger partial charge in [-0.25, -0.2) is 0 Å². The van der Waals surface area contributed by atoms with E-state index in [0.717, 1.165) is 19.3 Å². The Morgan fingerprint density at radius 2 is 2.24 bits per heavy atom. The smallest absolute Gasteiger partial charge is 0.234 e. The Labute approximate surface area is 102 Å². The molecule has 1 aliphatic carbocycles. The summed E-state index contributed by atoms with van der Waals surface area (Å²) in [4.78, 5) is 13.5. The normalized spacial score (nSPS) is 23.2. The van der Waals surface area contributed by atoms with Crippen molar-refractivity contribution in [2.45, 2.75) is 24.9 Å². The molecular weight excluding hydrogens is 220 g/mol. The lowest BCUT2D eigenvalue weighted by molar-refractivity contribution is -0.136. The summed E-state index contributed by atoms with van der Waals surface area (Å²) >= 11 is 0. The van der Waals surface area contributed by atoms with Gasteiger partial charge in [0.25, 0.3) is 0 Å². The van der Waals surface area contributed by atoms with E-state index < -0.39 is 5.60 Å². The number of methoxy groups -OCH3 is 1. The minimum Gasteiger partial charge on any atom is -0.387 e. The van der Waals surface area contributed by atoms with Gasteiger partial charge in [0.2, 0.25) is 5.91 Å². The van der Waals surface area contributed by atoms with Crippen LogP contribution in [0.3, 0.4) is 0 Å². The van der Waals surface area contributed by atoms with Crippen molar-refractivity contribution in [3.8, 4) is 0 Å². The summed E-state index contributed by atoms with van der Waals surface area (Å²) in [7, 11) is 1.65. The molecule has 0 aromatic heterocycles. The van der Waals surface area contributed by atoms with Crippen molar-refractivity contribution < 1.29 is 14.6 Å². The first-order valence-corrected chi connectivity index (χ1v) is 6.34. The molecule has 17 heavy (non-hydrogen) atoms. The van der Waals surface area contributed by atoms with Gasteiger partial charge >= 0.3 is 0 Å². The van der Waals surface area contributed by atoms with E-state index in [1.165, 1.54) is 0 Å². The van der Waals surface area contributed by atoms with Crippen LogP contribution in [0.5, 0.6) is 0 Å². The zero-order chi connectivity index (χ0) is 12.3. The van der Waals surface area contributed by atoms with Gasteiger partial charge in [-0.15, -0.1) is 0 Å². The minimum atomic E-state index is -0.490. The van der Waals surface area contributed by atoms with Gasteiger partial charge < -0.3 is 15.2 Å². The summed E-state index contributed by atoms with van der Waals surface area (Å²) in [6, 6.07) is 0. The number of nitrogens with zero attached hydrogens (tertiary/aromatic N) is 1. The van der Waals surface area contributed by atoms with Crippen LogP contribution in [0.1, 0.15) is 19.3 Å². The van der Waals surface area contributed by atoms with Gasteiger partial charge in [0.1, 0.15) is 0 Å². The highest BCUT2D eigenvalue weighted by Crippen LogP contribution is 2.44. The number of hydrogen-bond donors (Lipinski definition) is 2. The van der Waals surface area contributed by atoms with Gasteiger partial charge in [-0.1, -0.05) is 0 Å². The number of rotatable bonds is 7. The minimum absolute atomic E-state index is 0.0407. The molecule has 0 spiro atoms. The second-order valence-corrected chi connectivity index (χ2v) is 5.22. The van der Waals surface area contributed by atoms with Gasteiger partial charge in [0.15, 0.2) is 0 Å². The molecule has 0 atom stereocenters. The quantitative estimate of drug-likeness (QED) is 0.596. The summed E-state index contributed by atoms with van der Waals surface area (Å²) < 4.78 is 4.90. The SMILES string of the molecule is COCCCNC(=O)CN1CC(O)(C2CC2)C1. The van der Waals surface area contributed by atoms with Crippen molar-refractivity contribution in [1.82, 2.24) is 10.2 Å². The first-order valence-electron chi connectivity index (χ1n) is 6.34. The molecule has 0 aromatic rings. The van der Waals surface area contributed by atoms with E-state index in [0.29, 0.717) is 38.7 Å². The standard InChI is InChI=1S/C12H22N2O3/c1-17-6-2-5-13-11(15)7-14-8-12(16,9-14)10-3-4-10/h10,16H,2-9H2,1H3,(H,13,15). The second kappa shape index (κ2) is 5.33. The first-order chi connectivity index (χ1) is 8.14. The third kappa shape index (κ3) is 3.40. The molecule has 1 aliphatic heterocycles. The van der Waals surface area contributed by atoms with Crippen LogP contribution < -0.4 is 5.32 Å². The molecule has 98 valence electrons. The fraction of sp³-hybridized carbons (Fsp3) is 0.917. The average Bonchev–Trinajstić information content (AvgIpc) is 3.06. The molecule has 0 aromatic carbocycles. The van der Waals surface area contributed by atoms with Crippen molar-refractivity contribution in [1.29, 1.82) is 0 Å². The highest BCUT2D eigenvalue weighted by atomic mass is 16.5. The van der Waals surface area contributed by atoms with E-state index in [-0.39, 0.29) is 5.91 Å². The number of ether oxygens (including phenoxy) is 1. The van der Waals surface area contributed by atoms with Crippen LogP contribution in [0.15, 0.2) is 0 Å². The Hall–Kier alpha value is -0.650. The van der Waals surface area contributed by atoms with Crippen LogP contribution in [0, 0.1) is 5.92 Å². The van der Waals surface area contributed by atoms with Crippen molar-refractivity contribution >= 4 is 5.91 Å². The molecule has 1 amide bonds. The van der Waals surface area contributed by atoms with E-state index >= 15 is 0 Å². The van der Waals surface area contributed by atoms with Crippen molar-refractivity contribution in [3.63, 3.8) is 0 Å². The van der Waals surface area contributed by atoms with Gasteiger partial charge in [0.05, 0.1) is 12.1 Å². The molecule has 5 nitrogen and oxygen atoms in total. The van der Waals surface area contributed by atoms with Crippen LogP contribution in [-0.2, 0) is 9.53 Å². The molecule has 5 heteroatoms. The Morgan fingerprint density at radius 1 is 1.53 bits per heavy atom. The maximum Gasteiger partial charge on any atom is 0.234 e. The predicted molar refractivity (Wildman–Crippen MR) is 63.6 cm³/mol. The zero-order valence-electron chi connectivity index (χ0n) is 10.4. The molecule has 0 radical (unpaired) electrons. The third-order valence-corrected chi connectivity index (χ3v) is 3.55. The van der Waals surface area contributed by atoms with Crippen LogP contribution in [0.25, 0.3) is 0 Å². The lowest BCUT2D eigenvalue weighted by Gasteiger charge is -2.46. The molecule has 0 unspecified atom stereocenters. The molecule has 2 fully saturated rings. The number of likely N-dealkylation sites (tertiary alicyclic amines) is 1. The van der Waals surface area contributed by atoms with Crippen LogP contribution >= 0.6 is 0 Å². The summed E-state index contributed by atoms with van der Waals surface area (Å²) in [5.41, 5.74) is -0.490. The third-order valence-electron chi connectivity index (χ3n) is 3.55. The number of carbonyl (C=O) groups is 1. The molecule has 1 saturated heterocycles. The summed E-state index contributed by atoms with van der Waals surface area (Å²) in [5.74, 6) is 0.530. The Balaban J connectivity index is 1.55. The summed E-state index contributed by atoms with van der Waals surface area (Å²) in [6.07, 6.45) is 3.13. The molecule has 2 aliphatic rings. The Morgan fingerprint density at radius 3 is 2.82 bits per heavy atom. The zero-order valence-corrected chi connectivity index (χ0v) is 10.4. The van der Waals surface area contributed by atoms with Crippen LogP contribution in [0.2, 0.25) is 0 Å². The van der Waals surface area contributed by atoms with E-state index in [9.17, 15) is 9.90 Å². The molecule has 2 rings (SSSR count). The molecule has 1 saturated carbocycles. The van der Waals surface area contributed by atoms with Crippen molar-refractivity contribution in [3.05, 3.63) is 0 Å². The molecule has 1 heterocycles. The lowest BCUT2D eigenvalue weighted by Crippen LogP contribution is -2.64. The number of aliphatic hydroxyl groups is 1. The Kier molecular flexibility index (Phi) is 4.01. The van der Waals surface area contributed by atoms with E-state index in [1.807, 2.05) is 4.90 Å². The van der Waals surface area contributed by atoms with Gasteiger partial charge in [-0.3, -0.25) is 9.69 Å². The highest BCUT2D eigenvalue weighted by molar-refractivity contribution is 5.78. The molecule has 0 bridgehead atoms. The fourth-order valence-electron chi connectivity index (χ4n) is 2.42. The second-order valence-electron chi connectivity index (χ2n) is 5.22. The topological polar surface area (TPSA) is 61.8 Å². The van der Waals surface area contributed by atoms with E-state index in [1.54, 1.807) is 7.11 Å². The van der Waals surface area contributed by atoms with Crippen LogP contribution in [-0.4, -0.2) is 61.4 Å². The predicted octanol–water partition coefficient (Wildman–Crippen LogP) is -0.404. The monoisotopic (exact) mass is 242 g/mol. The van der Waals surface area contributed by atoms with Crippen molar-refractivity contribution in [2.75, 3.05) is 39.9 Å². The number of amides is 1. The van der Waals surface area contributed by atoms with Gasteiger partial charge in [-0.2, -0.15) is 0 Å². The van der Waals surface area contributed by atoms with Gasteiger partial charge in [0, 0.05) is 33.4 Å². The van der Waals surface area contributed by atoms with Crippen LogP contribution in [0.4, 0.5) is 0 Å². The molecular formula is C12H22N2O3. The summed E-state index contributed by atoms with van der Waals surface area (Å²) in [6.45, 7) is 3.05. The van der Waals surface area contributed by atoms with Gasteiger partial charge in [-0.05, 0) is 25.2 Å². The molecule has 2 N–H and O–H groups in total.